The molecule has 1 fully saturated rings. The summed E-state index contributed by atoms with van der Waals surface area (Å²) in [7, 11) is 0. The summed E-state index contributed by atoms with van der Waals surface area (Å²) < 4.78 is 10.4. The van der Waals surface area contributed by atoms with Crippen LogP contribution < -0.4 is 16.0 Å². The van der Waals surface area contributed by atoms with E-state index in [9.17, 15) is 9.59 Å². The summed E-state index contributed by atoms with van der Waals surface area (Å²) in [6.45, 7) is 11.9. The van der Waals surface area contributed by atoms with Crippen molar-refractivity contribution < 1.29 is 19.1 Å². The summed E-state index contributed by atoms with van der Waals surface area (Å²) in [5, 5.41) is 8.64. The van der Waals surface area contributed by atoms with E-state index in [4.69, 9.17) is 9.47 Å². The highest BCUT2D eigenvalue weighted by Crippen LogP contribution is 2.10. The van der Waals surface area contributed by atoms with Gasteiger partial charge in [-0.05, 0) is 41.5 Å². The molecular formula is C14H27N3O4. The molecule has 0 aromatic carbocycles. The molecule has 1 aliphatic rings. The van der Waals surface area contributed by atoms with Crippen LogP contribution in [0.5, 0.6) is 0 Å². The van der Waals surface area contributed by atoms with Crippen molar-refractivity contribution in [3.63, 3.8) is 0 Å². The van der Waals surface area contributed by atoms with E-state index in [1.54, 1.807) is 41.5 Å². The first-order valence-electron chi connectivity index (χ1n) is 7.16. The van der Waals surface area contributed by atoms with E-state index in [0.717, 1.165) is 0 Å². The van der Waals surface area contributed by atoms with Gasteiger partial charge in [-0.15, -0.1) is 0 Å². The predicted octanol–water partition coefficient (Wildman–Crippen LogP) is 1.38. The number of ether oxygens (including phenoxy) is 2. The van der Waals surface area contributed by atoms with Gasteiger partial charge in [0.25, 0.3) is 0 Å². The van der Waals surface area contributed by atoms with Crippen LogP contribution in [-0.4, -0.2) is 48.6 Å². The van der Waals surface area contributed by atoms with Crippen molar-refractivity contribution in [1.29, 1.82) is 0 Å². The third-order valence-electron chi connectivity index (χ3n) is 2.62. The number of carbonyl (C=O) groups is 2. The van der Waals surface area contributed by atoms with Gasteiger partial charge in [0.05, 0.1) is 12.1 Å². The molecule has 0 spiro atoms. The first-order chi connectivity index (χ1) is 9.46. The Bertz CT molecular complexity index is 349. The number of alkyl carbamates (subject to hydrolysis) is 2. The second-order valence-electron chi connectivity index (χ2n) is 7.16. The van der Waals surface area contributed by atoms with E-state index < -0.39 is 23.4 Å². The lowest BCUT2D eigenvalue weighted by Crippen LogP contribution is -2.52. The minimum atomic E-state index is -0.551. The van der Waals surface area contributed by atoms with Crippen molar-refractivity contribution in [1.82, 2.24) is 16.0 Å². The van der Waals surface area contributed by atoms with Crippen LogP contribution >= 0.6 is 0 Å². The standard InChI is InChI=1S/C14H27N3O4/c1-13(2,3)20-11(18)16-9-7-15-8-10(9)17-12(19)21-14(4,5)6/h9-10,15H,7-8H2,1-6H3,(H,16,18)(H,17,19)/t9-,10-/m0/s1. The van der Waals surface area contributed by atoms with Crippen LogP contribution in [0.3, 0.4) is 0 Å². The summed E-state index contributed by atoms with van der Waals surface area (Å²) in [5.41, 5.74) is -1.10. The number of rotatable bonds is 2. The zero-order chi connectivity index (χ0) is 16.3. The minimum absolute atomic E-state index is 0.229. The van der Waals surface area contributed by atoms with Gasteiger partial charge in [0.1, 0.15) is 11.2 Å². The fourth-order valence-corrected chi connectivity index (χ4v) is 1.90. The fourth-order valence-electron chi connectivity index (χ4n) is 1.90. The molecule has 21 heavy (non-hydrogen) atoms. The van der Waals surface area contributed by atoms with Gasteiger partial charge in [-0.2, -0.15) is 0 Å². The Labute approximate surface area is 126 Å². The maximum Gasteiger partial charge on any atom is 0.407 e. The molecule has 0 aromatic rings. The molecule has 0 saturated carbocycles. The molecule has 7 nitrogen and oxygen atoms in total. The maximum absolute atomic E-state index is 11.8. The lowest BCUT2D eigenvalue weighted by Gasteiger charge is -2.26. The monoisotopic (exact) mass is 301 g/mol. The first kappa shape index (κ1) is 17.6. The zero-order valence-corrected chi connectivity index (χ0v) is 13.7. The molecule has 122 valence electrons. The molecule has 7 heteroatoms. The highest BCUT2D eigenvalue weighted by Gasteiger charge is 2.32. The largest absolute Gasteiger partial charge is 0.444 e. The Hall–Kier alpha value is -1.50. The van der Waals surface area contributed by atoms with Crippen LogP contribution in [0.15, 0.2) is 0 Å². The van der Waals surface area contributed by atoms with Gasteiger partial charge in [-0.1, -0.05) is 0 Å². The molecule has 0 bridgehead atoms. The second-order valence-corrected chi connectivity index (χ2v) is 7.16. The predicted molar refractivity (Wildman–Crippen MR) is 79.2 cm³/mol. The molecule has 3 N–H and O–H groups in total. The molecule has 2 amide bonds. The lowest BCUT2D eigenvalue weighted by molar-refractivity contribution is 0.0447. The minimum Gasteiger partial charge on any atom is -0.444 e. The maximum atomic E-state index is 11.8. The molecule has 2 atom stereocenters. The quantitative estimate of drug-likeness (QED) is 0.717. The van der Waals surface area contributed by atoms with Crippen LogP contribution in [0.4, 0.5) is 9.59 Å². The molecule has 0 radical (unpaired) electrons. The summed E-state index contributed by atoms with van der Waals surface area (Å²) in [5.74, 6) is 0. The lowest BCUT2D eigenvalue weighted by atomic mass is 10.1. The Morgan fingerprint density at radius 3 is 1.48 bits per heavy atom. The summed E-state index contributed by atoms with van der Waals surface area (Å²) >= 11 is 0. The average molecular weight is 301 g/mol. The van der Waals surface area contributed by atoms with E-state index in [2.05, 4.69) is 16.0 Å². The van der Waals surface area contributed by atoms with Crippen molar-refractivity contribution in [3.05, 3.63) is 0 Å². The van der Waals surface area contributed by atoms with E-state index in [0.29, 0.717) is 13.1 Å². The number of carbonyl (C=O) groups excluding carboxylic acids is 2. The van der Waals surface area contributed by atoms with E-state index in [1.807, 2.05) is 0 Å². The third-order valence-corrected chi connectivity index (χ3v) is 2.62. The second kappa shape index (κ2) is 6.51. The molecule has 1 aliphatic heterocycles. The van der Waals surface area contributed by atoms with Gasteiger partial charge < -0.3 is 25.4 Å². The number of hydrogen-bond acceptors (Lipinski definition) is 5. The van der Waals surface area contributed by atoms with Crippen LogP contribution in [0.25, 0.3) is 0 Å². The Morgan fingerprint density at radius 1 is 0.857 bits per heavy atom. The van der Waals surface area contributed by atoms with Crippen molar-refractivity contribution >= 4 is 12.2 Å². The van der Waals surface area contributed by atoms with Crippen LogP contribution in [0, 0.1) is 0 Å². The highest BCUT2D eigenvalue weighted by atomic mass is 16.6. The summed E-state index contributed by atoms with van der Waals surface area (Å²) in [6.07, 6.45) is -0.987. The zero-order valence-electron chi connectivity index (χ0n) is 13.7. The normalized spacial score (nSPS) is 22.6. The Morgan fingerprint density at radius 2 is 1.19 bits per heavy atom. The van der Waals surface area contributed by atoms with Crippen molar-refractivity contribution in [2.75, 3.05) is 13.1 Å². The Kier molecular flexibility index (Phi) is 5.44. The number of amides is 2. The Balaban J connectivity index is 2.48. The highest BCUT2D eigenvalue weighted by molar-refractivity contribution is 5.70. The first-order valence-corrected chi connectivity index (χ1v) is 7.16. The number of hydrogen-bond donors (Lipinski definition) is 3. The van der Waals surface area contributed by atoms with E-state index >= 15 is 0 Å². The van der Waals surface area contributed by atoms with Gasteiger partial charge in [-0.3, -0.25) is 0 Å². The van der Waals surface area contributed by atoms with E-state index in [-0.39, 0.29) is 12.1 Å². The van der Waals surface area contributed by atoms with Gasteiger partial charge in [0, 0.05) is 13.1 Å². The topological polar surface area (TPSA) is 88.7 Å². The third kappa shape index (κ3) is 7.17. The molecular weight excluding hydrogens is 274 g/mol. The van der Waals surface area contributed by atoms with Crippen LogP contribution in [0.2, 0.25) is 0 Å². The van der Waals surface area contributed by atoms with E-state index in [1.165, 1.54) is 0 Å². The van der Waals surface area contributed by atoms with Crippen molar-refractivity contribution in [3.8, 4) is 0 Å². The molecule has 1 heterocycles. The smallest absolute Gasteiger partial charge is 0.407 e. The van der Waals surface area contributed by atoms with Crippen LogP contribution in [0.1, 0.15) is 41.5 Å². The number of nitrogens with one attached hydrogen (secondary N) is 3. The molecule has 1 saturated heterocycles. The van der Waals surface area contributed by atoms with Crippen LogP contribution in [-0.2, 0) is 9.47 Å². The SMILES string of the molecule is CC(C)(C)OC(=O)N[C@H]1CNC[C@@H]1NC(=O)OC(C)(C)C. The summed E-state index contributed by atoms with van der Waals surface area (Å²) in [4.78, 5) is 23.5. The molecule has 0 aliphatic carbocycles. The molecule has 1 rings (SSSR count). The fraction of sp³-hybridized carbons (Fsp3) is 0.857. The average Bonchev–Trinajstić information content (AvgIpc) is 2.59. The molecule has 0 unspecified atom stereocenters. The van der Waals surface area contributed by atoms with Gasteiger partial charge in [0.2, 0.25) is 0 Å². The van der Waals surface area contributed by atoms with Gasteiger partial charge in [-0.25, -0.2) is 9.59 Å². The van der Waals surface area contributed by atoms with Crippen molar-refractivity contribution in [2.45, 2.75) is 64.8 Å². The van der Waals surface area contributed by atoms with Crippen molar-refractivity contribution in [2.24, 2.45) is 0 Å². The van der Waals surface area contributed by atoms with Gasteiger partial charge >= 0.3 is 12.2 Å². The molecule has 0 aromatic heterocycles. The van der Waals surface area contributed by atoms with Gasteiger partial charge in [0.15, 0.2) is 0 Å². The summed E-state index contributed by atoms with van der Waals surface area (Å²) in [6, 6.07) is -0.459.